The van der Waals surface area contributed by atoms with Crippen LogP contribution >= 0.6 is 23.5 Å². The summed E-state index contributed by atoms with van der Waals surface area (Å²) in [6, 6.07) is 11.9. The van der Waals surface area contributed by atoms with Gasteiger partial charge in [-0.25, -0.2) is 0 Å². The first-order chi connectivity index (χ1) is 15.7. The Kier molecular flexibility index (Phi) is 9.26. The second-order valence-electron chi connectivity index (χ2n) is 13.8. The molecule has 1 atom stereocenters. The molecule has 2 rings (SSSR count). The zero-order valence-corrected chi connectivity index (χ0v) is 26.5. The Morgan fingerprint density at radius 1 is 0.600 bits per heavy atom. The molecule has 0 aliphatic carbocycles. The number of thioether (sulfide) groups is 2. The van der Waals surface area contributed by atoms with Gasteiger partial charge in [-0.3, -0.25) is 0 Å². The van der Waals surface area contributed by atoms with Crippen molar-refractivity contribution in [1.29, 1.82) is 0 Å². The predicted octanol–water partition coefficient (Wildman–Crippen LogP) is 10.5. The van der Waals surface area contributed by atoms with Crippen LogP contribution in [0.2, 0.25) is 0 Å². The van der Waals surface area contributed by atoms with E-state index in [2.05, 4.69) is 127 Å². The number of ether oxygens (including phenoxy) is 1. The lowest BCUT2D eigenvalue weighted by Crippen LogP contribution is -2.20. The molecule has 0 radical (unpaired) electrons. The molecule has 0 bridgehead atoms. The maximum Gasteiger partial charge on any atom is 0.126 e. The van der Waals surface area contributed by atoms with Gasteiger partial charge in [0.1, 0.15) is 5.75 Å². The van der Waals surface area contributed by atoms with Gasteiger partial charge < -0.3 is 4.74 Å². The summed E-state index contributed by atoms with van der Waals surface area (Å²) in [5, 5.41) is 0. The van der Waals surface area contributed by atoms with Gasteiger partial charge in [-0.2, -0.15) is 0 Å². The van der Waals surface area contributed by atoms with Crippen molar-refractivity contribution in [3.63, 3.8) is 0 Å². The van der Waals surface area contributed by atoms with E-state index in [4.69, 9.17) is 4.74 Å². The van der Waals surface area contributed by atoms with Gasteiger partial charge in [-0.1, -0.05) is 89.2 Å². The molecule has 0 amide bonds. The molecule has 0 fully saturated rings. The maximum atomic E-state index is 6.25. The Morgan fingerprint density at radius 2 is 0.971 bits per heavy atom. The number of benzene rings is 2. The summed E-state index contributed by atoms with van der Waals surface area (Å²) in [6.07, 6.45) is 0. The second-order valence-corrected chi connectivity index (χ2v) is 17.0. The van der Waals surface area contributed by atoms with E-state index in [0.717, 1.165) is 5.75 Å². The van der Waals surface area contributed by atoms with Crippen molar-refractivity contribution >= 4 is 23.5 Å². The number of rotatable bonds is 6. The van der Waals surface area contributed by atoms with E-state index in [0.29, 0.717) is 11.2 Å². The van der Waals surface area contributed by atoms with Gasteiger partial charge in [-0.15, -0.1) is 23.5 Å². The van der Waals surface area contributed by atoms with E-state index in [1.54, 1.807) is 0 Å². The molecule has 0 saturated carbocycles. The second kappa shape index (κ2) is 10.7. The first kappa shape index (κ1) is 30.2. The molecule has 196 valence electrons. The summed E-state index contributed by atoms with van der Waals surface area (Å²) in [5.74, 6) is 1.07. The van der Waals surface area contributed by atoms with Crippen molar-refractivity contribution in [1.82, 2.24) is 0 Å². The monoisotopic (exact) mass is 514 g/mol. The van der Waals surface area contributed by atoms with E-state index in [1.807, 2.05) is 23.5 Å². The van der Waals surface area contributed by atoms with Crippen LogP contribution < -0.4 is 4.74 Å². The molecule has 0 N–H and O–H groups in total. The molecule has 0 aliphatic rings. The molecule has 0 heterocycles. The third kappa shape index (κ3) is 8.22. The van der Waals surface area contributed by atoms with Gasteiger partial charge in [0.05, 0.1) is 11.2 Å². The average Bonchev–Trinajstić information content (AvgIpc) is 2.65. The highest BCUT2D eigenvalue weighted by atomic mass is 32.2. The van der Waals surface area contributed by atoms with Crippen LogP contribution in [-0.4, -0.2) is 11.2 Å². The lowest BCUT2D eigenvalue weighted by atomic mass is 9.79. The van der Waals surface area contributed by atoms with Gasteiger partial charge in [-0.05, 0) is 70.9 Å². The van der Waals surface area contributed by atoms with E-state index < -0.39 is 0 Å². The summed E-state index contributed by atoms with van der Waals surface area (Å²) in [6.45, 7) is 32.7. The zero-order chi connectivity index (χ0) is 27.0. The molecule has 0 spiro atoms. The van der Waals surface area contributed by atoms with Crippen LogP contribution in [0.1, 0.15) is 119 Å². The molecule has 1 nitrogen and oxygen atoms in total. The Labute approximate surface area is 225 Å². The molecule has 35 heavy (non-hydrogen) atoms. The predicted molar refractivity (Wildman–Crippen MR) is 160 cm³/mol. The van der Waals surface area contributed by atoms with Crippen LogP contribution in [0.5, 0.6) is 5.75 Å². The van der Waals surface area contributed by atoms with E-state index >= 15 is 0 Å². The van der Waals surface area contributed by atoms with Gasteiger partial charge in [0.2, 0.25) is 0 Å². The first-order valence-electron chi connectivity index (χ1n) is 13.0. The van der Waals surface area contributed by atoms with Crippen LogP contribution in [0.4, 0.5) is 0 Å². The summed E-state index contributed by atoms with van der Waals surface area (Å²) >= 11 is 3.93. The Hall–Kier alpha value is -1.06. The standard InChI is InChI=1S/C32H50OS2/c1-15-33-28-26(31(9,10)11)19-25(20-27(28)32(12,13)14)35-21(2)34-24-17-22(29(3,4)5)16-23(18-24)30(6,7)8/h16-21H,15H2,1-14H3. The molecule has 0 aliphatic heterocycles. The molecular formula is C32H50OS2. The molecule has 2 aromatic rings. The first-order valence-corrected chi connectivity index (χ1v) is 14.8. The maximum absolute atomic E-state index is 6.25. The summed E-state index contributed by atoms with van der Waals surface area (Å²) < 4.78 is 6.64. The Bertz CT molecular complexity index is 941. The van der Waals surface area contributed by atoms with Crippen LogP contribution in [0.25, 0.3) is 0 Å². The van der Waals surface area contributed by atoms with Gasteiger partial charge in [0.15, 0.2) is 0 Å². The van der Waals surface area contributed by atoms with Crippen molar-refractivity contribution in [2.24, 2.45) is 0 Å². The smallest absolute Gasteiger partial charge is 0.126 e. The van der Waals surface area contributed by atoms with Crippen LogP contribution in [0.15, 0.2) is 40.1 Å². The quantitative estimate of drug-likeness (QED) is 0.280. The molecule has 3 heteroatoms. The fourth-order valence-electron chi connectivity index (χ4n) is 4.02. The van der Waals surface area contributed by atoms with Crippen molar-refractivity contribution < 1.29 is 4.74 Å². The Morgan fingerprint density at radius 3 is 1.29 bits per heavy atom. The van der Waals surface area contributed by atoms with E-state index in [-0.39, 0.29) is 21.7 Å². The number of hydrogen-bond donors (Lipinski definition) is 0. The van der Waals surface area contributed by atoms with Gasteiger partial charge >= 0.3 is 0 Å². The molecule has 1 unspecified atom stereocenters. The van der Waals surface area contributed by atoms with Crippen LogP contribution in [0.3, 0.4) is 0 Å². The highest BCUT2D eigenvalue weighted by Crippen LogP contribution is 2.45. The van der Waals surface area contributed by atoms with Crippen molar-refractivity contribution in [3.8, 4) is 5.75 Å². The molecule has 0 aromatic heterocycles. The number of hydrogen-bond acceptors (Lipinski definition) is 3. The van der Waals surface area contributed by atoms with E-state index in [1.165, 1.54) is 32.0 Å². The molecule has 0 saturated heterocycles. The SMILES string of the molecule is CCOc1c(C(C)(C)C)cc(SC(C)Sc2cc(C(C)(C)C)cc(C(C)(C)C)c2)cc1C(C)(C)C. The minimum Gasteiger partial charge on any atom is -0.493 e. The van der Waals surface area contributed by atoms with Crippen molar-refractivity contribution in [3.05, 3.63) is 52.6 Å². The van der Waals surface area contributed by atoms with Gasteiger partial charge in [0, 0.05) is 20.9 Å². The topological polar surface area (TPSA) is 9.23 Å². The average molecular weight is 515 g/mol. The Balaban J connectivity index is 2.48. The van der Waals surface area contributed by atoms with Crippen molar-refractivity contribution in [2.75, 3.05) is 6.61 Å². The fraction of sp³-hybridized carbons (Fsp3) is 0.625. The molecule has 2 aromatic carbocycles. The summed E-state index contributed by atoms with van der Waals surface area (Å²) in [7, 11) is 0. The minimum atomic E-state index is 0.0140. The largest absolute Gasteiger partial charge is 0.493 e. The summed E-state index contributed by atoms with van der Waals surface area (Å²) in [4.78, 5) is 2.69. The zero-order valence-electron chi connectivity index (χ0n) is 24.9. The van der Waals surface area contributed by atoms with Crippen LogP contribution in [0, 0.1) is 0 Å². The van der Waals surface area contributed by atoms with E-state index in [9.17, 15) is 0 Å². The molecular weight excluding hydrogens is 464 g/mol. The third-order valence-corrected chi connectivity index (χ3v) is 8.47. The third-order valence-electron chi connectivity index (χ3n) is 6.21. The minimum absolute atomic E-state index is 0.0140. The van der Waals surface area contributed by atoms with Gasteiger partial charge in [0.25, 0.3) is 0 Å². The highest BCUT2D eigenvalue weighted by Gasteiger charge is 2.28. The normalized spacial score (nSPS) is 14.2. The lowest BCUT2D eigenvalue weighted by Gasteiger charge is -2.30. The lowest BCUT2D eigenvalue weighted by molar-refractivity contribution is 0.319. The van der Waals surface area contributed by atoms with Crippen molar-refractivity contribution in [2.45, 2.75) is 133 Å². The highest BCUT2D eigenvalue weighted by molar-refractivity contribution is 8.17. The van der Waals surface area contributed by atoms with Crippen LogP contribution in [-0.2, 0) is 21.7 Å². The summed E-state index contributed by atoms with van der Waals surface area (Å²) in [5.41, 5.74) is 5.72. The fourth-order valence-corrected chi connectivity index (χ4v) is 6.41.